The smallest absolute Gasteiger partial charge is 0.303 e. The molecule has 1 fully saturated rings. The molecule has 0 spiro atoms. The van der Waals surface area contributed by atoms with E-state index in [9.17, 15) is 9.59 Å². The van der Waals surface area contributed by atoms with Crippen molar-refractivity contribution in [1.29, 1.82) is 0 Å². The van der Waals surface area contributed by atoms with Gasteiger partial charge in [0.15, 0.2) is 6.61 Å². The molecule has 0 saturated carbocycles. The SMILES string of the molecule is CC(=O)OCC(=O)N1CCOC(CNC(C)C)C1. The highest BCUT2D eigenvalue weighted by Gasteiger charge is 2.24. The first kappa shape index (κ1) is 14.9. The predicted molar refractivity (Wildman–Crippen MR) is 66.1 cm³/mol. The zero-order chi connectivity index (χ0) is 13.5. The molecule has 6 heteroatoms. The third-order valence-corrected chi connectivity index (χ3v) is 2.64. The van der Waals surface area contributed by atoms with Gasteiger partial charge in [0.05, 0.1) is 12.7 Å². The first-order chi connectivity index (χ1) is 8.49. The zero-order valence-electron chi connectivity index (χ0n) is 11.3. The minimum Gasteiger partial charge on any atom is -0.456 e. The van der Waals surface area contributed by atoms with Crippen LogP contribution in [0.4, 0.5) is 0 Å². The third-order valence-electron chi connectivity index (χ3n) is 2.64. The summed E-state index contributed by atoms with van der Waals surface area (Å²) in [6, 6.07) is 0.390. The van der Waals surface area contributed by atoms with Gasteiger partial charge < -0.3 is 19.7 Å². The molecule has 1 atom stereocenters. The van der Waals surface area contributed by atoms with Gasteiger partial charge in [-0.2, -0.15) is 0 Å². The minimum absolute atomic E-state index is 0.00225. The number of ether oxygens (including phenoxy) is 2. The summed E-state index contributed by atoms with van der Waals surface area (Å²) in [6.45, 7) is 7.57. The van der Waals surface area contributed by atoms with Gasteiger partial charge in [-0.05, 0) is 0 Å². The molecule has 0 radical (unpaired) electrons. The van der Waals surface area contributed by atoms with Crippen LogP contribution in [0.25, 0.3) is 0 Å². The molecule has 18 heavy (non-hydrogen) atoms. The summed E-state index contributed by atoms with van der Waals surface area (Å²) >= 11 is 0. The van der Waals surface area contributed by atoms with Gasteiger partial charge in [-0.3, -0.25) is 9.59 Å². The number of nitrogens with one attached hydrogen (secondary N) is 1. The Labute approximate surface area is 108 Å². The van der Waals surface area contributed by atoms with Crippen molar-refractivity contribution in [2.45, 2.75) is 32.9 Å². The molecule has 1 aliphatic heterocycles. The summed E-state index contributed by atoms with van der Waals surface area (Å²) in [6.07, 6.45) is 0.00225. The highest BCUT2D eigenvalue weighted by molar-refractivity contribution is 5.80. The molecule has 1 N–H and O–H groups in total. The van der Waals surface area contributed by atoms with E-state index in [1.165, 1.54) is 6.92 Å². The molecular formula is C12H22N2O4. The van der Waals surface area contributed by atoms with Crippen LogP contribution >= 0.6 is 0 Å². The average molecular weight is 258 g/mol. The first-order valence-corrected chi connectivity index (χ1v) is 6.25. The third kappa shape index (κ3) is 5.46. The van der Waals surface area contributed by atoms with Gasteiger partial charge in [-0.25, -0.2) is 0 Å². The van der Waals surface area contributed by atoms with Gasteiger partial charge in [-0.15, -0.1) is 0 Å². The van der Waals surface area contributed by atoms with Crippen LogP contribution in [0, 0.1) is 0 Å². The second-order valence-electron chi connectivity index (χ2n) is 4.68. The Hall–Kier alpha value is -1.14. The second-order valence-corrected chi connectivity index (χ2v) is 4.68. The number of rotatable bonds is 5. The lowest BCUT2D eigenvalue weighted by Crippen LogP contribution is -2.50. The van der Waals surface area contributed by atoms with Crippen molar-refractivity contribution in [3.8, 4) is 0 Å². The van der Waals surface area contributed by atoms with E-state index in [-0.39, 0.29) is 18.6 Å². The lowest BCUT2D eigenvalue weighted by atomic mass is 10.2. The number of carbonyl (C=O) groups is 2. The summed E-state index contributed by atoms with van der Waals surface area (Å²) in [5.41, 5.74) is 0. The molecule has 1 rings (SSSR count). The van der Waals surface area contributed by atoms with Crippen LogP contribution in [0.15, 0.2) is 0 Å². The van der Waals surface area contributed by atoms with Crippen LogP contribution < -0.4 is 5.32 Å². The fourth-order valence-electron chi connectivity index (χ4n) is 1.69. The molecule has 0 aliphatic carbocycles. The standard InChI is InChI=1S/C12H22N2O4/c1-9(2)13-6-11-7-14(4-5-17-11)12(16)8-18-10(3)15/h9,11,13H,4-8H2,1-3H3. The molecule has 0 aromatic carbocycles. The number of nitrogens with zero attached hydrogens (tertiary/aromatic N) is 1. The van der Waals surface area contributed by atoms with Crippen molar-refractivity contribution < 1.29 is 19.1 Å². The second kappa shape index (κ2) is 7.33. The zero-order valence-corrected chi connectivity index (χ0v) is 11.3. The predicted octanol–water partition coefficient (Wildman–Crippen LogP) is -0.225. The fraction of sp³-hybridized carbons (Fsp3) is 0.833. The quantitative estimate of drug-likeness (QED) is 0.690. The van der Waals surface area contributed by atoms with Crippen LogP contribution in [0.5, 0.6) is 0 Å². The molecule has 0 bridgehead atoms. The maximum Gasteiger partial charge on any atom is 0.303 e. The summed E-state index contributed by atoms with van der Waals surface area (Å²) in [7, 11) is 0. The maximum absolute atomic E-state index is 11.8. The van der Waals surface area contributed by atoms with E-state index >= 15 is 0 Å². The monoisotopic (exact) mass is 258 g/mol. The normalized spacial score (nSPS) is 20.0. The summed E-state index contributed by atoms with van der Waals surface area (Å²) < 4.78 is 10.3. The van der Waals surface area contributed by atoms with Crippen molar-refractivity contribution >= 4 is 11.9 Å². The molecule has 1 heterocycles. The van der Waals surface area contributed by atoms with Crippen LogP contribution in [0.2, 0.25) is 0 Å². The van der Waals surface area contributed by atoms with Gasteiger partial charge >= 0.3 is 5.97 Å². The Morgan fingerprint density at radius 2 is 2.22 bits per heavy atom. The van der Waals surface area contributed by atoms with Crippen molar-refractivity contribution in [1.82, 2.24) is 10.2 Å². The lowest BCUT2D eigenvalue weighted by Gasteiger charge is -2.33. The molecule has 1 amide bonds. The Kier molecular flexibility index (Phi) is 6.07. The summed E-state index contributed by atoms with van der Waals surface area (Å²) in [5.74, 6) is -0.599. The van der Waals surface area contributed by atoms with Gasteiger partial charge in [-0.1, -0.05) is 13.8 Å². The maximum atomic E-state index is 11.8. The highest BCUT2D eigenvalue weighted by atomic mass is 16.5. The Morgan fingerprint density at radius 3 is 2.83 bits per heavy atom. The van der Waals surface area contributed by atoms with E-state index in [4.69, 9.17) is 9.47 Å². The molecule has 1 unspecified atom stereocenters. The average Bonchev–Trinajstić information content (AvgIpc) is 2.33. The van der Waals surface area contributed by atoms with Crippen LogP contribution in [0.3, 0.4) is 0 Å². The minimum atomic E-state index is -0.436. The molecule has 0 aromatic rings. The number of esters is 1. The summed E-state index contributed by atoms with van der Waals surface area (Å²) in [5, 5.41) is 3.28. The van der Waals surface area contributed by atoms with Gasteiger partial charge in [0.25, 0.3) is 5.91 Å². The van der Waals surface area contributed by atoms with E-state index in [0.29, 0.717) is 25.7 Å². The molecule has 1 saturated heterocycles. The number of hydrogen-bond donors (Lipinski definition) is 1. The van der Waals surface area contributed by atoms with Gasteiger partial charge in [0, 0.05) is 32.6 Å². The first-order valence-electron chi connectivity index (χ1n) is 6.25. The lowest BCUT2D eigenvalue weighted by molar-refractivity contribution is -0.153. The number of amides is 1. The van der Waals surface area contributed by atoms with Gasteiger partial charge in [0.2, 0.25) is 0 Å². The van der Waals surface area contributed by atoms with E-state index in [1.54, 1.807) is 4.90 Å². The number of hydrogen-bond acceptors (Lipinski definition) is 5. The van der Waals surface area contributed by atoms with E-state index in [2.05, 4.69) is 19.2 Å². The van der Waals surface area contributed by atoms with E-state index < -0.39 is 5.97 Å². The number of carbonyl (C=O) groups excluding carboxylic acids is 2. The Bertz CT molecular complexity index is 294. The molecule has 6 nitrogen and oxygen atoms in total. The molecule has 0 aromatic heterocycles. The van der Waals surface area contributed by atoms with Crippen LogP contribution in [-0.2, 0) is 19.1 Å². The van der Waals surface area contributed by atoms with Crippen LogP contribution in [-0.4, -0.2) is 61.8 Å². The summed E-state index contributed by atoms with van der Waals surface area (Å²) in [4.78, 5) is 24.1. The van der Waals surface area contributed by atoms with Crippen LogP contribution in [0.1, 0.15) is 20.8 Å². The van der Waals surface area contributed by atoms with Crippen molar-refractivity contribution in [2.24, 2.45) is 0 Å². The van der Waals surface area contributed by atoms with Crippen molar-refractivity contribution in [3.05, 3.63) is 0 Å². The van der Waals surface area contributed by atoms with E-state index in [0.717, 1.165) is 6.54 Å². The van der Waals surface area contributed by atoms with Gasteiger partial charge in [0.1, 0.15) is 0 Å². The molecule has 104 valence electrons. The Morgan fingerprint density at radius 1 is 1.50 bits per heavy atom. The topological polar surface area (TPSA) is 67.9 Å². The molecular weight excluding hydrogens is 236 g/mol. The molecule has 1 aliphatic rings. The Balaban J connectivity index is 2.33. The largest absolute Gasteiger partial charge is 0.456 e. The van der Waals surface area contributed by atoms with E-state index in [1.807, 2.05) is 0 Å². The highest BCUT2D eigenvalue weighted by Crippen LogP contribution is 2.05. The van der Waals surface area contributed by atoms with Crippen molar-refractivity contribution in [3.63, 3.8) is 0 Å². The fourth-order valence-corrected chi connectivity index (χ4v) is 1.69. The number of morpholine rings is 1. The van der Waals surface area contributed by atoms with Crippen molar-refractivity contribution in [2.75, 3.05) is 32.8 Å².